The first kappa shape index (κ1) is 22.8. The van der Waals surface area contributed by atoms with Gasteiger partial charge in [0.2, 0.25) is 0 Å². The molecule has 0 bridgehead atoms. The zero-order valence-corrected chi connectivity index (χ0v) is 19.1. The molecule has 2 aliphatic rings. The number of pyridine rings is 1. The zero-order valence-electron chi connectivity index (χ0n) is 18.3. The lowest BCUT2D eigenvalue weighted by molar-refractivity contribution is 0.0671. The first-order valence-corrected chi connectivity index (χ1v) is 11.5. The monoisotopic (exact) mass is 430 g/mol. The number of nitrogens with zero attached hydrogens (tertiary/aromatic N) is 2. The minimum absolute atomic E-state index is 0.508. The fourth-order valence-corrected chi connectivity index (χ4v) is 4.24. The van der Waals surface area contributed by atoms with Crippen molar-refractivity contribution in [2.24, 2.45) is 10.9 Å². The second kappa shape index (κ2) is 11.5. The quantitative estimate of drug-likeness (QED) is 0.509. The predicted molar refractivity (Wildman–Crippen MR) is 127 cm³/mol. The highest BCUT2D eigenvalue weighted by Gasteiger charge is 2.15. The van der Waals surface area contributed by atoms with Crippen LogP contribution >= 0.6 is 11.6 Å². The molecule has 6 heteroatoms. The molecule has 1 aromatic heterocycles. The number of aromatic nitrogens is 1. The number of anilines is 1. The van der Waals surface area contributed by atoms with E-state index in [9.17, 15) is 0 Å². The molecule has 1 aliphatic heterocycles. The molecule has 2 N–H and O–H groups in total. The summed E-state index contributed by atoms with van der Waals surface area (Å²) < 4.78 is 5.41. The first-order valence-electron chi connectivity index (χ1n) is 11.2. The Morgan fingerprint density at radius 1 is 1.23 bits per heavy atom. The van der Waals surface area contributed by atoms with Crippen molar-refractivity contribution < 1.29 is 4.74 Å². The largest absolute Gasteiger partial charge is 0.384 e. The van der Waals surface area contributed by atoms with Gasteiger partial charge in [0.15, 0.2) is 0 Å². The summed E-state index contributed by atoms with van der Waals surface area (Å²) in [6.45, 7) is 10.8. The van der Waals surface area contributed by atoms with Gasteiger partial charge < -0.3 is 15.4 Å². The van der Waals surface area contributed by atoms with E-state index in [4.69, 9.17) is 16.3 Å². The van der Waals surface area contributed by atoms with E-state index in [1.165, 1.54) is 32.1 Å². The molecule has 5 nitrogen and oxygen atoms in total. The Hall–Kier alpha value is -1.85. The minimum atomic E-state index is 0.508. The normalized spacial score (nSPS) is 19.6. The summed E-state index contributed by atoms with van der Waals surface area (Å²) >= 11 is 6.46. The van der Waals surface area contributed by atoms with Crippen LogP contribution in [0.15, 0.2) is 35.2 Å². The van der Waals surface area contributed by atoms with E-state index >= 15 is 0 Å². The molecule has 1 aliphatic carbocycles. The number of aliphatic imine (C=N–C) groups is 1. The molecule has 1 aromatic rings. The number of nitrogens with one attached hydrogen (secondary N) is 2. The molecule has 0 aromatic carbocycles. The third-order valence-electron chi connectivity index (χ3n) is 6.13. The Kier molecular flexibility index (Phi) is 8.76. The third-order valence-corrected chi connectivity index (χ3v) is 6.43. The summed E-state index contributed by atoms with van der Waals surface area (Å²) in [5, 5.41) is 7.61. The van der Waals surface area contributed by atoms with Crippen LogP contribution < -0.4 is 10.6 Å². The molecule has 1 saturated carbocycles. The third kappa shape index (κ3) is 6.85. The van der Waals surface area contributed by atoms with Gasteiger partial charge in [-0.15, -0.1) is 0 Å². The molecule has 1 saturated heterocycles. The van der Waals surface area contributed by atoms with Gasteiger partial charge in [-0.05, 0) is 57.1 Å². The maximum atomic E-state index is 6.46. The van der Waals surface area contributed by atoms with Crippen molar-refractivity contribution >= 4 is 29.2 Å². The first-order chi connectivity index (χ1) is 14.5. The van der Waals surface area contributed by atoms with Gasteiger partial charge in [0.05, 0.1) is 5.02 Å². The molecule has 2 heterocycles. The van der Waals surface area contributed by atoms with Crippen molar-refractivity contribution in [2.75, 3.05) is 25.1 Å². The summed E-state index contributed by atoms with van der Waals surface area (Å²) in [6, 6.07) is 2.55. The lowest BCUT2D eigenvalue weighted by atomic mass is 9.95. The standard InChI is InChI=1S/C24H35ClN4O/c1-17(26-15-20-9-11-30-12-10-20)14-27-19(3)18(2)22-13-24(28-16-23(22)25)29-21-7-5-4-6-8-21/h13-14,16,20-21,26H,1,4-12,15H2,2-3H3,(H,28,29)/b19-18+,27-14?. The zero-order chi connectivity index (χ0) is 21.3. The summed E-state index contributed by atoms with van der Waals surface area (Å²) in [6.07, 6.45) is 12.1. The number of allylic oxidation sites excluding steroid dienone is 3. The molecule has 0 radical (unpaired) electrons. The molecule has 0 atom stereocenters. The van der Waals surface area contributed by atoms with Crippen LogP contribution in [0, 0.1) is 5.92 Å². The summed E-state index contributed by atoms with van der Waals surface area (Å²) in [5.74, 6) is 1.54. The summed E-state index contributed by atoms with van der Waals surface area (Å²) in [5.41, 5.74) is 3.76. The lowest BCUT2D eigenvalue weighted by Gasteiger charge is -2.23. The number of hydrogen-bond donors (Lipinski definition) is 2. The van der Waals surface area contributed by atoms with Crippen LogP contribution in [0.1, 0.15) is 64.4 Å². The van der Waals surface area contributed by atoms with E-state index in [0.29, 0.717) is 17.0 Å². The van der Waals surface area contributed by atoms with Crippen LogP contribution in [0.2, 0.25) is 5.02 Å². The Bertz CT molecular complexity index is 777. The molecular formula is C24H35ClN4O. The molecule has 2 fully saturated rings. The second-order valence-corrected chi connectivity index (χ2v) is 8.87. The molecule has 164 valence electrons. The summed E-state index contributed by atoms with van der Waals surface area (Å²) in [7, 11) is 0. The topological polar surface area (TPSA) is 58.5 Å². The Morgan fingerprint density at radius 2 is 1.97 bits per heavy atom. The number of rotatable bonds is 8. The predicted octanol–water partition coefficient (Wildman–Crippen LogP) is 5.83. The van der Waals surface area contributed by atoms with Gasteiger partial charge in [0, 0.05) is 55.2 Å². The van der Waals surface area contributed by atoms with Crippen molar-refractivity contribution in [2.45, 2.75) is 64.8 Å². The average molecular weight is 431 g/mol. The smallest absolute Gasteiger partial charge is 0.126 e. The molecule has 30 heavy (non-hydrogen) atoms. The number of hydrogen-bond acceptors (Lipinski definition) is 5. The fourth-order valence-electron chi connectivity index (χ4n) is 4.00. The van der Waals surface area contributed by atoms with E-state index in [-0.39, 0.29) is 0 Å². The average Bonchev–Trinajstić information content (AvgIpc) is 2.78. The van der Waals surface area contributed by atoms with E-state index in [0.717, 1.165) is 60.9 Å². The van der Waals surface area contributed by atoms with Crippen LogP contribution in [0.25, 0.3) is 5.57 Å². The fraction of sp³-hybridized carbons (Fsp3) is 0.583. The molecule has 0 unspecified atom stereocenters. The van der Waals surface area contributed by atoms with Gasteiger partial charge in [0.1, 0.15) is 5.82 Å². The second-order valence-electron chi connectivity index (χ2n) is 8.46. The maximum absolute atomic E-state index is 6.46. The Balaban J connectivity index is 1.60. The van der Waals surface area contributed by atoms with Crippen LogP contribution in [0.3, 0.4) is 0 Å². The maximum Gasteiger partial charge on any atom is 0.126 e. The van der Waals surface area contributed by atoms with Crippen LogP contribution in [0.5, 0.6) is 0 Å². The molecule has 0 amide bonds. The van der Waals surface area contributed by atoms with Crippen molar-refractivity contribution in [3.63, 3.8) is 0 Å². The highest BCUT2D eigenvalue weighted by atomic mass is 35.5. The SMILES string of the molecule is C=C(C=N/C(C)=C(\C)c1cc(NC2CCCCC2)ncc1Cl)NCC1CCOCC1. The molecule has 0 spiro atoms. The van der Waals surface area contributed by atoms with Gasteiger partial charge in [-0.1, -0.05) is 37.4 Å². The van der Waals surface area contributed by atoms with Crippen LogP contribution in [0.4, 0.5) is 5.82 Å². The van der Waals surface area contributed by atoms with Gasteiger partial charge >= 0.3 is 0 Å². The van der Waals surface area contributed by atoms with E-state index in [1.54, 1.807) is 12.4 Å². The van der Waals surface area contributed by atoms with Crippen LogP contribution in [-0.4, -0.2) is 37.0 Å². The minimum Gasteiger partial charge on any atom is -0.384 e. The van der Waals surface area contributed by atoms with E-state index < -0.39 is 0 Å². The highest BCUT2D eigenvalue weighted by Crippen LogP contribution is 2.29. The van der Waals surface area contributed by atoms with Crippen molar-refractivity contribution in [1.82, 2.24) is 10.3 Å². The highest BCUT2D eigenvalue weighted by molar-refractivity contribution is 6.32. The van der Waals surface area contributed by atoms with E-state index in [1.807, 2.05) is 13.0 Å². The Labute approximate surface area is 186 Å². The van der Waals surface area contributed by atoms with Crippen molar-refractivity contribution in [3.8, 4) is 0 Å². The lowest BCUT2D eigenvalue weighted by Crippen LogP contribution is -2.27. The van der Waals surface area contributed by atoms with Gasteiger partial charge in [-0.2, -0.15) is 0 Å². The Morgan fingerprint density at radius 3 is 2.70 bits per heavy atom. The molecular weight excluding hydrogens is 396 g/mol. The van der Waals surface area contributed by atoms with Crippen molar-refractivity contribution in [1.29, 1.82) is 0 Å². The van der Waals surface area contributed by atoms with Gasteiger partial charge in [-0.3, -0.25) is 4.99 Å². The van der Waals surface area contributed by atoms with Crippen molar-refractivity contribution in [3.05, 3.63) is 40.8 Å². The molecule has 3 rings (SSSR count). The summed E-state index contributed by atoms with van der Waals surface area (Å²) in [4.78, 5) is 9.10. The number of halogens is 1. The van der Waals surface area contributed by atoms with Gasteiger partial charge in [-0.25, -0.2) is 4.98 Å². The number of ether oxygens (including phenoxy) is 1. The van der Waals surface area contributed by atoms with Gasteiger partial charge in [0.25, 0.3) is 0 Å². The van der Waals surface area contributed by atoms with Crippen LogP contribution in [-0.2, 0) is 4.74 Å². The van der Waals surface area contributed by atoms with E-state index in [2.05, 4.69) is 34.1 Å².